The molecule has 0 fully saturated rings. The molecule has 1 atom stereocenters. The van der Waals surface area contributed by atoms with Crippen LogP contribution in [0.15, 0.2) is 103 Å². The van der Waals surface area contributed by atoms with Crippen LogP contribution in [-0.4, -0.2) is 23.5 Å². The molecular weight excluding hydrogens is 444 g/mol. The summed E-state index contributed by atoms with van der Waals surface area (Å²) in [5.41, 5.74) is 6.63. The average molecular weight is 477 g/mol. The fourth-order valence-corrected chi connectivity index (χ4v) is 4.85. The molecule has 4 heteroatoms. The van der Waals surface area contributed by atoms with Gasteiger partial charge in [-0.3, -0.25) is 4.79 Å². The molecule has 0 unspecified atom stereocenters. The van der Waals surface area contributed by atoms with E-state index in [0.717, 1.165) is 40.1 Å². The summed E-state index contributed by atoms with van der Waals surface area (Å²) in [6.45, 7) is 3.67. The van der Waals surface area contributed by atoms with E-state index in [1.165, 1.54) is 5.56 Å². The van der Waals surface area contributed by atoms with E-state index in [1.807, 2.05) is 53.4 Å². The van der Waals surface area contributed by atoms with Crippen molar-refractivity contribution in [2.45, 2.75) is 38.9 Å². The first-order chi connectivity index (χ1) is 17.7. The number of carbonyl (C=O) groups excluding carboxylic acids is 1. The van der Waals surface area contributed by atoms with Crippen LogP contribution in [0.1, 0.15) is 27.8 Å². The van der Waals surface area contributed by atoms with Crippen molar-refractivity contribution in [1.82, 2.24) is 4.90 Å². The Bertz CT molecular complexity index is 1320. The van der Waals surface area contributed by atoms with E-state index in [4.69, 9.17) is 4.74 Å². The summed E-state index contributed by atoms with van der Waals surface area (Å²) in [4.78, 5) is 16.0. The summed E-state index contributed by atoms with van der Waals surface area (Å²) in [6.07, 6.45) is 1.08. The molecule has 0 bridgehead atoms. The summed E-state index contributed by atoms with van der Waals surface area (Å²) >= 11 is 0. The Labute approximate surface area is 213 Å². The van der Waals surface area contributed by atoms with Crippen molar-refractivity contribution in [3.05, 3.63) is 131 Å². The second kappa shape index (κ2) is 11.1. The molecule has 1 amide bonds. The molecule has 0 saturated carbocycles. The quantitative estimate of drug-likeness (QED) is 0.382. The molecule has 0 saturated heterocycles. The first kappa shape index (κ1) is 23.7. The van der Waals surface area contributed by atoms with E-state index in [-0.39, 0.29) is 11.9 Å². The van der Waals surface area contributed by atoms with E-state index < -0.39 is 0 Å². The van der Waals surface area contributed by atoms with Crippen LogP contribution in [-0.2, 0) is 30.7 Å². The van der Waals surface area contributed by atoms with Gasteiger partial charge in [0.2, 0.25) is 5.91 Å². The molecule has 4 aromatic rings. The fraction of sp³-hybridized carbons (Fsp3) is 0.219. The van der Waals surface area contributed by atoms with Gasteiger partial charge in [0.05, 0.1) is 12.5 Å². The van der Waals surface area contributed by atoms with Crippen molar-refractivity contribution >= 4 is 11.6 Å². The molecule has 4 nitrogen and oxygen atoms in total. The predicted molar refractivity (Wildman–Crippen MR) is 145 cm³/mol. The summed E-state index contributed by atoms with van der Waals surface area (Å²) in [6, 6.07) is 34.9. The lowest BCUT2D eigenvalue weighted by Crippen LogP contribution is -2.45. The number of amides is 1. The Morgan fingerprint density at radius 3 is 2.42 bits per heavy atom. The van der Waals surface area contributed by atoms with E-state index in [9.17, 15) is 4.79 Å². The number of para-hydroxylation sites is 2. The number of nitrogens with zero attached hydrogens (tertiary/aromatic N) is 1. The highest BCUT2D eigenvalue weighted by atomic mass is 16.5. The standard InChI is InChI=1S/C32H32N2O2/c1-24-10-9-13-26(18-24)20-32(35)34-22-28-15-5-7-16-30(28)33-21-27-14-6-8-17-31(27)36-23-29(34)19-25-11-3-2-4-12-25/h2-18,29,33H,19-23H2,1H3/t29-/m0/s1. The van der Waals surface area contributed by atoms with Crippen LogP contribution in [0.2, 0.25) is 0 Å². The van der Waals surface area contributed by atoms with Crippen LogP contribution < -0.4 is 10.1 Å². The first-order valence-corrected chi connectivity index (χ1v) is 12.6. The average Bonchev–Trinajstić information content (AvgIpc) is 2.92. The maximum atomic E-state index is 13.9. The molecule has 1 aliphatic rings. The van der Waals surface area contributed by atoms with Crippen molar-refractivity contribution in [2.24, 2.45) is 0 Å². The number of benzene rings is 4. The number of rotatable bonds is 4. The van der Waals surface area contributed by atoms with Crippen molar-refractivity contribution in [2.75, 3.05) is 11.9 Å². The Hall–Kier alpha value is -4.05. The lowest BCUT2D eigenvalue weighted by atomic mass is 10.0. The molecule has 1 aliphatic heterocycles. The Balaban J connectivity index is 1.54. The van der Waals surface area contributed by atoms with Gasteiger partial charge < -0.3 is 15.0 Å². The summed E-state index contributed by atoms with van der Waals surface area (Å²) < 4.78 is 6.42. The third kappa shape index (κ3) is 5.77. The van der Waals surface area contributed by atoms with E-state index in [2.05, 4.69) is 66.8 Å². The minimum atomic E-state index is -0.121. The number of carbonyl (C=O) groups is 1. The highest BCUT2D eigenvalue weighted by molar-refractivity contribution is 5.79. The van der Waals surface area contributed by atoms with Gasteiger partial charge in [0.25, 0.3) is 0 Å². The van der Waals surface area contributed by atoms with Gasteiger partial charge in [-0.25, -0.2) is 0 Å². The van der Waals surface area contributed by atoms with Gasteiger partial charge in [-0.15, -0.1) is 0 Å². The molecule has 0 aliphatic carbocycles. The monoisotopic (exact) mass is 476 g/mol. The topological polar surface area (TPSA) is 41.6 Å². The van der Waals surface area contributed by atoms with Gasteiger partial charge >= 0.3 is 0 Å². The minimum Gasteiger partial charge on any atom is -0.491 e. The van der Waals surface area contributed by atoms with Gasteiger partial charge in [-0.2, -0.15) is 0 Å². The van der Waals surface area contributed by atoms with Crippen molar-refractivity contribution in [3.8, 4) is 5.75 Å². The third-order valence-electron chi connectivity index (χ3n) is 6.74. The SMILES string of the molecule is Cc1cccc(CC(=O)N2Cc3ccccc3NCc3ccccc3OC[C@@H]2Cc2ccccc2)c1. The normalized spacial score (nSPS) is 15.5. The molecule has 0 aromatic heterocycles. The minimum absolute atomic E-state index is 0.104. The Kier molecular flexibility index (Phi) is 7.32. The summed E-state index contributed by atoms with van der Waals surface area (Å²) in [5.74, 6) is 0.959. The zero-order chi connectivity index (χ0) is 24.7. The number of aryl methyl sites for hydroxylation is 1. The fourth-order valence-electron chi connectivity index (χ4n) is 4.85. The molecular formula is C32H32N2O2. The number of hydrogen-bond acceptors (Lipinski definition) is 3. The molecule has 4 aromatic carbocycles. The predicted octanol–water partition coefficient (Wildman–Crippen LogP) is 6.18. The number of fused-ring (bicyclic) bond motifs is 2. The molecule has 1 heterocycles. The summed E-state index contributed by atoms with van der Waals surface area (Å²) in [7, 11) is 0. The lowest BCUT2D eigenvalue weighted by molar-refractivity contribution is -0.134. The molecule has 36 heavy (non-hydrogen) atoms. The van der Waals surface area contributed by atoms with Crippen LogP contribution in [0.3, 0.4) is 0 Å². The second-order valence-electron chi connectivity index (χ2n) is 9.46. The lowest BCUT2D eigenvalue weighted by Gasteiger charge is -2.33. The number of anilines is 1. The van der Waals surface area contributed by atoms with E-state index in [0.29, 0.717) is 26.1 Å². The van der Waals surface area contributed by atoms with Crippen molar-refractivity contribution in [1.29, 1.82) is 0 Å². The smallest absolute Gasteiger partial charge is 0.227 e. The highest BCUT2D eigenvalue weighted by Gasteiger charge is 2.27. The van der Waals surface area contributed by atoms with Gasteiger partial charge in [-0.05, 0) is 42.2 Å². The zero-order valence-electron chi connectivity index (χ0n) is 20.7. The maximum Gasteiger partial charge on any atom is 0.227 e. The van der Waals surface area contributed by atoms with Crippen LogP contribution in [0.5, 0.6) is 5.75 Å². The third-order valence-corrected chi connectivity index (χ3v) is 6.74. The van der Waals surface area contributed by atoms with Crippen molar-refractivity contribution in [3.63, 3.8) is 0 Å². The van der Waals surface area contributed by atoms with Crippen LogP contribution in [0.4, 0.5) is 5.69 Å². The zero-order valence-corrected chi connectivity index (χ0v) is 20.7. The highest BCUT2D eigenvalue weighted by Crippen LogP contribution is 2.26. The Morgan fingerprint density at radius 1 is 0.861 bits per heavy atom. The molecule has 5 rings (SSSR count). The molecule has 1 N–H and O–H groups in total. The molecule has 182 valence electrons. The molecule has 0 spiro atoms. The van der Waals surface area contributed by atoms with Crippen LogP contribution in [0.25, 0.3) is 0 Å². The van der Waals surface area contributed by atoms with Gasteiger partial charge in [0, 0.05) is 24.3 Å². The van der Waals surface area contributed by atoms with Crippen molar-refractivity contribution < 1.29 is 9.53 Å². The maximum absolute atomic E-state index is 13.9. The van der Waals surface area contributed by atoms with Crippen LogP contribution >= 0.6 is 0 Å². The number of hydrogen-bond donors (Lipinski definition) is 1. The van der Waals surface area contributed by atoms with Gasteiger partial charge in [-0.1, -0.05) is 96.6 Å². The number of ether oxygens (including phenoxy) is 1. The Morgan fingerprint density at radius 2 is 1.58 bits per heavy atom. The van der Waals surface area contributed by atoms with E-state index in [1.54, 1.807) is 0 Å². The van der Waals surface area contributed by atoms with E-state index >= 15 is 0 Å². The summed E-state index contributed by atoms with van der Waals surface area (Å²) in [5, 5.41) is 3.58. The first-order valence-electron chi connectivity index (χ1n) is 12.6. The van der Waals surface area contributed by atoms with Gasteiger partial charge in [0.15, 0.2) is 0 Å². The molecule has 0 radical (unpaired) electrons. The van der Waals surface area contributed by atoms with Crippen LogP contribution in [0, 0.1) is 6.92 Å². The largest absolute Gasteiger partial charge is 0.491 e. The van der Waals surface area contributed by atoms with Gasteiger partial charge in [0.1, 0.15) is 12.4 Å². The second-order valence-corrected chi connectivity index (χ2v) is 9.46. The number of nitrogens with one attached hydrogen (secondary N) is 1.